The smallest absolute Gasteiger partial charge is 0.256 e. The monoisotopic (exact) mass is 328 g/mol. The first kappa shape index (κ1) is 14.2. The van der Waals surface area contributed by atoms with Crippen LogP contribution in [-0.4, -0.2) is 38.8 Å². The van der Waals surface area contributed by atoms with Gasteiger partial charge in [0.05, 0.1) is 15.6 Å². The zero-order chi connectivity index (χ0) is 15.8. The molecule has 0 aliphatic carbocycles. The van der Waals surface area contributed by atoms with Gasteiger partial charge in [0.25, 0.3) is 11.5 Å². The van der Waals surface area contributed by atoms with E-state index < -0.39 is 0 Å². The number of H-pyrrole nitrogens is 2. The number of aromatic amines is 2. The zero-order valence-electron chi connectivity index (χ0n) is 12.4. The molecule has 0 aromatic carbocycles. The van der Waals surface area contributed by atoms with Crippen LogP contribution in [0.4, 0.5) is 0 Å². The number of piperidine rings is 1. The first-order valence-electron chi connectivity index (χ1n) is 7.61. The highest BCUT2D eigenvalue weighted by atomic mass is 32.1. The number of nitrogens with zero attached hydrogens (tertiary/aromatic N) is 2. The molecule has 0 atom stereocenters. The molecule has 0 spiro atoms. The second-order valence-electron chi connectivity index (χ2n) is 5.74. The molecule has 0 bridgehead atoms. The summed E-state index contributed by atoms with van der Waals surface area (Å²) in [6.07, 6.45) is 6.94. The van der Waals surface area contributed by atoms with Gasteiger partial charge in [-0.25, -0.2) is 4.98 Å². The molecule has 3 aromatic heterocycles. The summed E-state index contributed by atoms with van der Waals surface area (Å²) >= 11 is 1.44. The maximum Gasteiger partial charge on any atom is 0.256 e. The van der Waals surface area contributed by atoms with E-state index in [-0.39, 0.29) is 11.5 Å². The number of nitrogens with one attached hydrogen (secondary N) is 2. The lowest BCUT2D eigenvalue weighted by molar-refractivity contribution is 0.0713. The van der Waals surface area contributed by atoms with Crippen LogP contribution in [0.5, 0.6) is 0 Å². The highest BCUT2D eigenvalue weighted by Crippen LogP contribution is 2.28. The Labute approximate surface area is 136 Å². The molecule has 1 saturated heterocycles. The van der Waals surface area contributed by atoms with E-state index in [0.29, 0.717) is 30.0 Å². The van der Waals surface area contributed by atoms with E-state index in [1.54, 1.807) is 18.5 Å². The fraction of sp³-hybridized carbons (Fsp3) is 0.312. The van der Waals surface area contributed by atoms with Gasteiger partial charge >= 0.3 is 0 Å². The number of amides is 1. The van der Waals surface area contributed by atoms with Crippen LogP contribution in [-0.2, 0) is 0 Å². The lowest BCUT2D eigenvalue weighted by atomic mass is 9.95. The van der Waals surface area contributed by atoms with Crippen molar-refractivity contribution in [1.82, 2.24) is 19.9 Å². The quantitative estimate of drug-likeness (QED) is 0.757. The van der Waals surface area contributed by atoms with Gasteiger partial charge in [0.1, 0.15) is 5.82 Å². The van der Waals surface area contributed by atoms with Crippen molar-refractivity contribution in [3.05, 3.63) is 51.8 Å². The Balaban J connectivity index is 1.55. The minimum atomic E-state index is -0.144. The Morgan fingerprint density at radius 1 is 1.30 bits per heavy atom. The molecule has 7 heteroatoms. The number of aromatic nitrogens is 3. The summed E-state index contributed by atoms with van der Waals surface area (Å²) in [4.78, 5) is 36.6. The molecule has 1 aliphatic rings. The number of pyridine rings is 1. The summed E-state index contributed by atoms with van der Waals surface area (Å²) in [5, 5.41) is 2.44. The average molecular weight is 328 g/mol. The molecule has 1 fully saturated rings. The van der Waals surface area contributed by atoms with Gasteiger partial charge in [-0.15, -0.1) is 11.3 Å². The average Bonchev–Trinajstić information content (AvgIpc) is 3.27. The summed E-state index contributed by atoms with van der Waals surface area (Å²) in [5.74, 6) is 1.37. The van der Waals surface area contributed by atoms with Gasteiger partial charge in [-0.2, -0.15) is 0 Å². The van der Waals surface area contributed by atoms with Crippen LogP contribution in [0.3, 0.4) is 0 Å². The summed E-state index contributed by atoms with van der Waals surface area (Å²) in [6, 6.07) is 1.76. The van der Waals surface area contributed by atoms with Gasteiger partial charge < -0.3 is 14.9 Å². The van der Waals surface area contributed by atoms with Crippen LogP contribution in [0.1, 0.15) is 34.9 Å². The number of rotatable bonds is 2. The van der Waals surface area contributed by atoms with Crippen molar-refractivity contribution < 1.29 is 4.79 Å². The number of imidazole rings is 1. The third kappa shape index (κ3) is 2.46. The van der Waals surface area contributed by atoms with Crippen molar-refractivity contribution in [3.8, 4) is 0 Å². The highest BCUT2D eigenvalue weighted by Gasteiger charge is 2.27. The van der Waals surface area contributed by atoms with E-state index in [2.05, 4.69) is 15.0 Å². The predicted octanol–water partition coefficient (Wildman–Crippen LogP) is 2.33. The summed E-state index contributed by atoms with van der Waals surface area (Å²) in [6.45, 7) is 1.41. The molecule has 4 heterocycles. The Morgan fingerprint density at radius 3 is 2.87 bits per heavy atom. The number of carbonyl (C=O) groups excluding carboxylic acids is 1. The molecule has 23 heavy (non-hydrogen) atoms. The third-order valence-corrected chi connectivity index (χ3v) is 5.37. The fourth-order valence-corrected chi connectivity index (χ4v) is 4.06. The second-order valence-corrected chi connectivity index (χ2v) is 6.65. The molecule has 118 valence electrons. The molecule has 1 amide bonds. The van der Waals surface area contributed by atoms with E-state index in [0.717, 1.165) is 23.4 Å². The maximum absolute atomic E-state index is 12.8. The van der Waals surface area contributed by atoms with E-state index in [1.807, 2.05) is 16.5 Å². The Bertz CT molecular complexity index is 888. The molecule has 4 rings (SSSR count). The Morgan fingerprint density at radius 2 is 2.13 bits per heavy atom. The number of likely N-dealkylation sites (tertiary alicyclic amines) is 1. The van der Waals surface area contributed by atoms with Gasteiger partial charge in [-0.1, -0.05) is 0 Å². The van der Waals surface area contributed by atoms with Crippen molar-refractivity contribution in [3.63, 3.8) is 0 Å². The van der Waals surface area contributed by atoms with Crippen molar-refractivity contribution in [2.24, 2.45) is 0 Å². The van der Waals surface area contributed by atoms with Crippen molar-refractivity contribution in [1.29, 1.82) is 0 Å². The number of hydrogen-bond acceptors (Lipinski definition) is 4. The van der Waals surface area contributed by atoms with Crippen molar-refractivity contribution >= 4 is 27.3 Å². The van der Waals surface area contributed by atoms with Gasteiger partial charge in [0.2, 0.25) is 0 Å². The second kappa shape index (κ2) is 5.66. The summed E-state index contributed by atoms with van der Waals surface area (Å²) < 4.78 is 0.770. The van der Waals surface area contributed by atoms with Crippen LogP contribution in [0.2, 0.25) is 0 Å². The molecule has 1 aliphatic heterocycles. The predicted molar refractivity (Wildman–Crippen MR) is 88.9 cm³/mol. The largest absolute Gasteiger partial charge is 0.348 e. The van der Waals surface area contributed by atoms with Crippen LogP contribution < -0.4 is 5.56 Å². The molecule has 0 radical (unpaired) electrons. The minimum absolute atomic E-state index is 0.00778. The van der Waals surface area contributed by atoms with Crippen molar-refractivity contribution in [2.75, 3.05) is 13.1 Å². The number of thiophene rings is 1. The van der Waals surface area contributed by atoms with Gasteiger partial charge in [0.15, 0.2) is 0 Å². The molecule has 3 aromatic rings. The highest BCUT2D eigenvalue weighted by molar-refractivity contribution is 7.17. The maximum atomic E-state index is 12.8. The minimum Gasteiger partial charge on any atom is -0.348 e. The molecular formula is C16H16N4O2S. The molecule has 6 nitrogen and oxygen atoms in total. The van der Waals surface area contributed by atoms with Gasteiger partial charge in [-0.05, 0) is 24.3 Å². The molecule has 0 unspecified atom stereocenters. The van der Waals surface area contributed by atoms with Crippen molar-refractivity contribution in [2.45, 2.75) is 18.8 Å². The third-order valence-electron chi connectivity index (χ3n) is 4.42. The Kier molecular flexibility index (Phi) is 3.49. The molecular weight excluding hydrogens is 312 g/mol. The standard InChI is InChI=1S/C16H16N4O2S/c21-15-11-3-8-23-13(11)12(9-19-15)16(22)20-6-1-10(2-7-20)14-17-4-5-18-14/h3-5,8-10H,1-2,6-7H2,(H,17,18)(H,19,21). The van der Waals surface area contributed by atoms with E-state index in [4.69, 9.17) is 0 Å². The zero-order valence-corrected chi connectivity index (χ0v) is 13.2. The number of fused-ring (bicyclic) bond motifs is 1. The van der Waals surface area contributed by atoms with E-state index >= 15 is 0 Å². The molecule has 2 N–H and O–H groups in total. The number of carbonyl (C=O) groups is 1. The summed E-state index contributed by atoms with van der Waals surface area (Å²) in [5.41, 5.74) is 0.445. The first-order valence-corrected chi connectivity index (χ1v) is 8.49. The fourth-order valence-electron chi connectivity index (χ4n) is 3.16. The van der Waals surface area contributed by atoms with Crippen LogP contribution in [0.15, 0.2) is 34.8 Å². The van der Waals surface area contributed by atoms with Crippen LogP contribution in [0, 0.1) is 0 Å². The summed E-state index contributed by atoms with van der Waals surface area (Å²) in [7, 11) is 0. The lowest BCUT2D eigenvalue weighted by Crippen LogP contribution is -2.38. The number of hydrogen-bond donors (Lipinski definition) is 2. The topological polar surface area (TPSA) is 81.8 Å². The molecule has 0 saturated carbocycles. The van der Waals surface area contributed by atoms with E-state index in [9.17, 15) is 9.59 Å². The lowest BCUT2D eigenvalue weighted by Gasteiger charge is -2.31. The van der Waals surface area contributed by atoms with E-state index in [1.165, 1.54) is 11.3 Å². The van der Waals surface area contributed by atoms with Crippen LogP contribution in [0.25, 0.3) is 10.1 Å². The SMILES string of the molecule is O=C(c1c[nH]c(=O)c2ccsc12)N1CCC(c2ncc[nH]2)CC1. The normalized spacial score (nSPS) is 16.1. The van der Waals surface area contributed by atoms with Crippen LogP contribution >= 0.6 is 11.3 Å². The van der Waals surface area contributed by atoms with Gasteiger partial charge in [0, 0.05) is 37.6 Å². The first-order chi connectivity index (χ1) is 11.2. The Hall–Kier alpha value is -2.41. The van der Waals surface area contributed by atoms with Gasteiger partial charge in [-0.3, -0.25) is 9.59 Å².